The summed E-state index contributed by atoms with van der Waals surface area (Å²) in [5.74, 6) is -3.37. The quantitative estimate of drug-likeness (QED) is 0.0182. The molecule has 0 saturated carbocycles. The van der Waals surface area contributed by atoms with Crippen LogP contribution in [-0.2, 0) is 40.8 Å². The first kappa shape index (κ1) is 74.1. The van der Waals surface area contributed by atoms with Gasteiger partial charge < -0.3 is 45.1 Å². The second-order valence-corrected chi connectivity index (χ2v) is 31.1. The van der Waals surface area contributed by atoms with E-state index in [9.17, 15) is 24.0 Å². The van der Waals surface area contributed by atoms with Gasteiger partial charge in [0.2, 0.25) is 11.8 Å². The minimum atomic E-state index is -0.880. The van der Waals surface area contributed by atoms with Gasteiger partial charge in [-0.3, -0.25) is 43.3 Å². The number of nitrogens with one attached hydrogen (secondary N) is 4. The predicted octanol–water partition coefficient (Wildman–Crippen LogP) is 18.7. The third kappa shape index (κ3) is 15.4. The van der Waals surface area contributed by atoms with Crippen LogP contribution in [0.3, 0.4) is 0 Å². The summed E-state index contributed by atoms with van der Waals surface area (Å²) in [4.78, 5) is 127. The molecule has 12 rings (SSSR count). The van der Waals surface area contributed by atoms with E-state index in [1.807, 2.05) is 60.7 Å². The van der Waals surface area contributed by atoms with Gasteiger partial charge in [0, 0.05) is 103 Å². The maximum Gasteiger partial charge on any atom is 0.262 e. The molecule has 1 aliphatic rings. The lowest BCUT2D eigenvalue weighted by Crippen LogP contribution is -2.44. The van der Waals surface area contributed by atoms with E-state index in [1.54, 1.807) is 56.3 Å². The van der Waals surface area contributed by atoms with Crippen LogP contribution in [0.5, 0.6) is 46.0 Å². The number of benzene rings is 9. The van der Waals surface area contributed by atoms with Gasteiger partial charge in [-0.2, -0.15) is 0 Å². The number of carbonyl (C=O) groups excluding carboxylic acids is 8. The fourth-order valence-corrected chi connectivity index (χ4v) is 12.9. The molecule has 0 atom stereocenters. The lowest BCUT2D eigenvalue weighted by atomic mass is 9.81. The molecule has 0 bridgehead atoms. The van der Waals surface area contributed by atoms with Crippen molar-refractivity contribution in [3.05, 3.63) is 227 Å². The number of hydrogen-bond acceptors (Lipinski definition) is 14. The van der Waals surface area contributed by atoms with E-state index in [1.165, 1.54) is 66.8 Å². The van der Waals surface area contributed by atoms with Crippen molar-refractivity contribution in [2.75, 3.05) is 41.4 Å². The second kappa shape index (κ2) is 28.5. The Bertz CT molecular complexity index is 5370. The number of aldehydes is 1. The molecule has 0 fully saturated rings. The molecule has 0 saturated heterocycles. The zero-order chi connectivity index (χ0) is 77.1. The Morgan fingerprint density at radius 2 is 0.776 bits per heavy atom. The zero-order valence-electron chi connectivity index (χ0n) is 62.6. The number of likely N-dealkylation sites (N-methyl/N-ethyl adjacent to an activating group) is 1. The molecule has 0 radical (unpaired) electrons. The van der Waals surface area contributed by atoms with Crippen LogP contribution in [-0.4, -0.2) is 87.5 Å². The first-order chi connectivity index (χ1) is 50.4. The topological polar surface area (TPSA) is 254 Å². The van der Waals surface area contributed by atoms with Crippen molar-refractivity contribution in [3.8, 4) is 46.0 Å². The second-order valence-electron chi connectivity index (χ2n) is 31.1. The first-order valence-corrected chi connectivity index (χ1v) is 35.0. The Labute approximate surface area is 620 Å². The third-order valence-corrected chi connectivity index (χ3v) is 18.7. The van der Waals surface area contributed by atoms with Crippen LogP contribution in [0.25, 0.3) is 43.1 Å². The molecule has 1 aliphatic heterocycles. The van der Waals surface area contributed by atoms with Gasteiger partial charge in [-0.15, -0.1) is 0 Å². The molecular formula is C87H84N8O12. The molecule has 107 heavy (non-hydrogen) atoms. The molecule has 4 N–H and O–H groups in total. The fourth-order valence-electron chi connectivity index (χ4n) is 12.9. The molecule has 20 nitrogen and oxygen atoms in total. The molecule has 2 aromatic heterocycles. The number of aromatic nitrogens is 2. The molecule has 0 unspecified atom stereocenters. The van der Waals surface area contributed by atoms with Gasteiger partial charge in [0.25, 0.3) is 29.5 Å². The number of hydrogen-bond donors (Lipinski definition) is 4. The number of nitrogens with zero attached hydrogens (tertiary/aromatic N) is 4. The molecule has 544 valence electrons. The Balaban J connectivity index is 1.19. The monoisotopic (exact) mass is 1430 g/mol. The molecule has 9 aromatic carbocycles. The highest BCUT2D eigenvalue weighted by Crippen LogP contribution is 2.57. The molecule has 7 amide bonds. The van der Waals surface area contributed by atoms with Crippen LogP contribution in [0.4, 0.5) is 23.0 Å². The number of anilines is 4. The van der Waals surface area contributed by atoms with Crippen molar-refractivity contribution in [1.82, 2.24) is 19.8 Å². The number of rotatable bonds is 20. The zero-order valence-corrected chi connectivity index (χ0v) is 62.6. The summed E-state index contributed by atoms with van der Waals surface area (Å²) in [6.07, 6.45) is 3.40. The Kier molecular flexibility index (Phi) is 19.7. The average Bonchev–Trinajstić information content (AvgIpc) is 0.675. The van der Waals surface area contributed by atoms with Gasteiger partial charge in [0.05, 0.1) is 23.2 Å². The summed E-state index contributed by atoms with van der Waals surface area (Å²) in [6, 6.07) is 41.9. The highest BCUT2D eigenvalue weighted by molar-refractivity contribution is 6.44. The summed E-state index contributed by atoms with van der Waals surface area (Å²) in [6.45, 7) is 34.1. The number of amides is 7. The van der Waals surface area contributed by atoms with Crippen molar-refractivity contribution in [2.24, 2.45) is 0 Å². The number of fused-ring (bicyclic) bond motifs is 2. The number of ether oxygens (including phenoxy) is 4. The van der Waals surface area contributed by atoms with E-state index in [2.05, 4.69) is 127 Å². The van der Waals surface area contributed by atoms with E-state index in [-0.39, 0.29) is 133 Å². The molecule has 0 spiro atoms. The number of carbonyl (C=O) groups is 8. The molecule has 3 heterocycles. The van der Waals surface area contributed by atoms with Gasteiger partial charge in [-0.25, -0.2) is 9.97 Å². The van der Waals surface area contributed by atoms with Crippen LogP contribution in [0, 0.1) is 0 Å². The number of pyridine rings is 2. The normalized spacial score (nSPS) is 12.5. The van der Waals surface area contributed by atoms with Crippen LogP contribution in [0.1, 0.15) is 161 Å². The highest BCUT2D eigenvalue weighted by Gasteiger charge is 2.40. The SMILES string of the molecule is C=C(C)C(=O)Nc1ccnc(NC(=O)CN(C)C(=O)c2cc(Oc3ccc(C(C)(C)C)cc3)c3c4c(Oc5ccc(C(C)(C)C)cc5)cc5c6c(cc(Oc7ccc(C(C)(C)C)cc7)c(c7c(Oc8ccc(C(C)(C)C)cc8)cc(C=O)c2c73)c64)C(=O)N(CC(=O)Nc2cc(NC(=O)C(=C)C)ccn2)C5=O)c1. The van der Waals surface area contributed by atoms with Gasteiger partial charge in [-0.1, -0.05) is 145 Å². The Morgan fingerprint density at radius 1 is 0.439 bits per heavy atom. The van der Waals surface area contributed by atoms with Crippen molar-refractivity contribution in [3.63, 3.8) is 0 Å². The lowest BCUT2D eigenvalue weighted by molar-refractivity contribution is -0.117. The van der Waals surface area contributed by atoms with E-state index >= 15 is 14.4 Å². The summed E-state index contributed by atoms with van der Waals surface area (Å²) in [5, 5.41) is 12.4. The molecule has 11 aromatic rings. The van der Waals surface area contributed by atoms with Gasteiger partial charge in [-0.05, 0) is 143 Å². The maximum absolute atomic E-state index is 16.1. The van der Waals surface area contributed by atoms with E-state index in [4.69, 9.17) is 18.9 Å². The van der Waals surface area contributed by atoms with E-state index in [0.29, 0.717) is 40.7 Å². The molecule has 0 aliphatic carbocycles. The van der Waals surface area contributed by atoms with Crippen molar-refractivity contribution >= 4 is 114 Å². The van der Waals surface area contributed by atoms with E-state index in [0.717, 1.165) is 27.2 Å². The average molecular weight is 1430 g/mol. The fraction of sp³-hybridized carbons (Fsp3) is 0.241. The third-order valence-electron chi connectivity index (χ3n) is 18.7. The molecule has 20 heteroatoms. The van der Waals surface area contributed by atoms with Crippen LogP contribution >= 0.6 is 0 Å². The minimum absolute atomic E-state index is 0.00775. The van der Waals surface area contributed by atoms with Gasteiger partial charge in [0.1, 0.15) is 64.2 Å². The van der Waals surface area contributed by atoms with Crippen LogP contribution in [0.15, 0.2) is 182 Å². The van der Waals surface area contributed by atoms with E-state index < -0.39 is 54.4 Å². The highest BCUT2D eigenvalue weighted by atomic mass is 16.5. The minimum Gasteiger partial charge on any atom is -0.457 e. The largest absolute Gasteiger partial charge is 0.457 e. The Hall–Kier alpha value is -12.6. The standard InChI is InChI=1S/C87H84N8O12/c1-47(2)79(99)90-54-34-36-88-67(39-54)92-69(97)44-94(17)81(101)60-41-64(105-57-28-20-51(21-29-57)85(8,9)10)74-76-66(107-59-32-24-53(25-33-59)87(14,15)16)43-62-72-61(82(102)95(83(62)103)45-70(98)93-68-40-55(35-37-89-68)91-80(100)48(3)4)42-65(106-58-30-22-52(23-31-58)86(11,12)13)75(78(72)76)73-63(38-49(46-96)71(60)77(73)74)104-56-26-18-50(19-27-56)84(5,6)7/h18-43,46H,1,3,44-45H2,2,4-17H3,(H2,88,90,92,97,99)(H2,89,91,93,98,100). The van der Waals surface area contributed by atoms with Crippen molar-refractivity contribution in [1.29, 1.82) is 0 Å². The van der Waals surface area contributed by atoms with Crippen molar-refractivity contribution in [2.45, 2.75) is 119 Å². The van der Waals surface area contributed by atoms with Gasteiger partial charge in [0.15, 0.2) is 6.29 Å². The molecular weight excluding hydrogens is 1350 g/mol. The Morgan fingerprint density at radius 3 is 1.12 bits per heavy atom. The summed E-state index contributed by atoms with van der Waals surface area (Å²) < 4.78 is 28.9. The van der Waals surface area contributed by atoms with Crippen molar-refractivity contribution < 1.29 is 57.3 Å². The predicted molar refractivity (Wildman–Crippen MR) is 419 cm³/mol. The van der Waals surface area contributed by atoms with Gasteiger partial charge >= 0.3 is 0 Å². The maximum atomic E-state index is 16.1. The first-order valence-electron chi connectivity index (χ1n) is 35.0. The summed E-state index contributed by atoms with van der Waals surface area (Å²) in [7, 11) is 1.43. The smallest absolute Gasteiger partial charge is 0.262 e. The lowest BCUT2D eigenvalue weighted by Gasteiger charge is -2.31. The summed E-state index contributed by atoms with van der Waals surface area (Å²) >= 11 is 0. The van der Waals surface area contributed by atoms with Crippen LogP contribution in [0.2, 0.25) is 0 Å². The van der Waals surface area contributed by atoms with Crippen LogP contribution < -0.4 is 40.2 Å². The summed E-state index contributed by atoms with van der Waals surface area (Å²) in [5.41, 5.74) is 3.67. The number of imide groups is 1.